The van der Waals surface area contributed by atoms with Crippen LogP contribution < -0.4 is 10.2 Å². The summed E-state index contributed by atoms with van der Waals surface area (Å²) in [4.78, 5) is 25.4. The normalized spacial score (nSPS) is 16.5. The highest BCUT2D eigenvalue weighted by atomic mass is 16.2. The molecule has 1 aliphatic rings. The minimum atomic E-state index is -0.135. The summed E-state index contributed by atoms with van der Waals surface area (Å²) in [5, 5.41) is 3.04. The lowest BCUT2D eigenvalue weighted by atomic mass is 10.1. The van der Waals surface area contributed by atoms with Crippen LogP contribution in [0.15, 0.2) is 42.7 Å². The Morgan fingerprint density at radius 3 is 2.40 bits per heavy atom. The lowest BCUT2D eigenvalue weighted by Gasteiger charge is -2.37. The molecule has 1 aliphatic heterocycles. The third-order valence-electron chi connectivity index (χ3n) is 4.66. The monoisotopic (exact) mass is 339 g/mol. The number of nitrogens with zero attached hydrogens (tertiary/aromatic N) is 4. The molecule has 0 bridgehead atoms. The first-order valence-corrected chi connectivity index (χ1v) is 8.73. The maximum Gasteiger partial charge on any atom is 0.237 e. The molecule has 1 amide bonds. The van der Waals surface area contributed by atoms with Gasteiger partial charge in [-0.3, -0.25) is 9.69 Å². The van der Waals surface area contributed by atoms with Crippen molar-refractivity contribution in [2.75, 3.05) is 31.1 Å². The maximum atomic E-state index is 12.4. The summed E-state index contributed by atoms with van der Waals surface area (Å²) in [6.45, 7) is 7.93. The molecule has 1 aromatic heterocycles. The van der Waals surface area contributed by atoms with Crippen LogP contribution in [0, 0.1) is 6.92 Å². The fourth-order valence-corrected chi connectivity index (χ4v) is 2.97. The average Bonchev–Trinajstić information content (AvgIpc) is 2.67. The molecule has 0 saturated carbocycles. The predicted octanol–water partition coefficient (Wildman–Crippen LogP) is 1.61. The van der Waals surface area contributed by atoms with E-state index in [9.17, 15) is 4.79 Å². The molecular weight excluding hydrogens is 314 g/mol. The Bertz CT molecular complexity index is 681. The van der Waals surface area contributed by atoms with Crippen molar-refractivity contribution in [2.24, 2.45) is 0 Å². The summed E-state index contributed by atoms with van der Waals surface area (Å²) in [5.41, 5.74) is 2.35. The molecule has 132 valence electrons. The van der Waals surface area contributed by atoms with Gasteiger partial charge in [0.25, 0.3) is 0 Å². The fraction of sp³-hybridized carbons (Fsp3) is 0.421. The Kier molecular flexibility index (Phi) is 5.60. The first-order valence-electron chi connectivity index (χ1n) is 8.73. The van der Waals surface area contributed by atoms with E-state index in [-0.39, 0.29) is 11.9 Å². The van der Waals surface area contributed by atoms with E-state index in [0.29, 0.717) is 6.54 Å². The number of carbonyl (C=O) groups is 1. The van der Waals surface area contributed by atoms with Crippen LogP contribution in [0.2, 0.25) is 0 Å². The molecule has 0 aliphatic carbocycles. The van der Waals surface area contributed by atoms with Gasteiger partial charge in [0.1, 0.15) is 0 Å². The zero-order valence-electron chi connectivity index (χ0n) is 14.9. The second-order valence-corrected chi connectivity index (χ2v) is 6.45. The number of benzene rings is 1. The number of anilines is 1. The number of hydrogen-bond acceptors (Lipinski definition) is 5. The minimum absolute atomic E-state index is 0.0741. The van der Waals surface area contributed by atoms with Gasteiger partial charge in [-0.05, 0) is 25.5 Å². The van der Waals surface area contributed by atoms with Crippen molar-refractivity contribution in [1.82, 2.24) is 20.2 Å². The number of nitrogens with one attached hydrogen (secondary N) is 1. The van der Waals surface area contributed by atoms with E-state index >= 15 is 0 Å². The molecule has 3 rings (SSSR count). The van der Waals surface area contributed by atoms with Gasteiger partial charge in [0, 0.05) is 45.1 Å². The van der Waals surface area contributed by atoms with Crippen LogP contribution in [-0.4, -0.2) is 53.0 Å². The molecule has 0 unspecified atom stereocenters. The van der Waals surface area contributed by atoms with Gasteiger partial charge in [-0.2, -0.15) is 0 Å². The van der Waals surface area contributed by atoms with E-state index in [2.05, 4.69) is 56.3 Å². The zero-order chi connectivity index (χ0) is 17.6. The summed E-state index contributed by atoms with van der Waals surface area (Å²) in [6.07, 6.45) is 3.52. The predicted molar refractivity (Wildman–Crippen MR) is 98.3 cm³/mol. The molecule has 1 fully saturated rings. The summed E-state index contributed by atoms with van der Waals surface area (Å²) >= 11 is 0. The Hall–Kier alpha value is -2.47. The van der Waals surface area contributed by atoms with E-state index in [0.717, 1.165) is 37.7 Å². The first kappa shape index (κ1) is 17.4. The number of aromatic nitrogens is 2. The molecule has 0 spiro atoms. The standard InChI is InChI=1S/C19H25N5O/c1-15-4-6-17(7-5-15)14-22-18(25)16(2)23-10-12-24(13-11-23)19-20-8-3-9-21-19/h3-9,16H,10-14H2,1-2H3,(H,22,25)/t16-/m0/s1. The Morgan fingerprint density at radius 1 is 1.12 bits per heavy atom. The molecule has 1 atom stereocenters. The number of piperazine rings is 1. The number of rotatable bonds is 5. The average molecular weight is 339 g/mol. The van der Waals surface area contributed by atoms with Crippen molar-refractivity contribution in [1.29, 1.82) is 0 Å². The van der Waals surface area contributed by atoms with Crippen LogP contribution in [0.1, 0.15) is 18.1 Å². The van der Waals surface area contributed by atoms with Gasteiger partial charge < -0.3 is 10.2 Å². The van der Waals surface area contributed by atoms with Gasteiger partial charge in [0.15, 0.2) is 0 Å². The number of amides is 1. The lowest BCUT2D eigenvalue weighted by Crippen LogP contribution is -2.54. The summed E-state index contributed by atoms with van der Waals surface area (Å²) in [5.74, 6) is 0.837. The fourth-order valence-electron chi connectivity index (χ4n) is 2.97. The molecule has 2 aromatic rings. The highest BCUT2D eigenvalue weighted by Gasteiger charge is 2.26. The van der Waals surface area contributed by atoms with Gasteiger partial charge in [0.05, 0.1) is 6.04 Å². The second-order valence-electron chi connectivity index (χ2n) is 6.45. The van der Waals surface area contributed by atoms with E-state index < -0.39 is 0 Å². The van der Waals surface area contributed by atoms with E-state index in [1.807, 2.05) is 13.0 Å². The maximum absolute atomic E-state index is 12.4. The summed E-state index contributed by atoms with van der Waals surface area (Å²) in [6, 6.07) is 9.92. The van der Waals surface area contributed by atoms with Crippen LogP contribution >= 0.6 is 0 Å². The van der Waals surface area contributed by atoms with Crippen molar-refractivity contribution in [3.8, 4) is 0 Å². The van der Waals surface area contributed by atoms with Crippen LogP contribution in [0.3, 0.4) is 0 Å². The zero-order valence-corrected chi connectivity index (χ0v) is 14.9. The van der Waals surface area contributed by atoms with Crippen molar-refractivity contribution in [3.05, 3.63) is 53.9 Å². The summed E-state index contributed by atoms with van der Waals surface area (Å²) < 4.78 is 0. The largest absolute Gasteiger partial charge is 0.351 e. The van der Waals surface area contributed by atoms with E-state index in [4.69, 9.17) is 0 Å². The topological polar surface area (TPSA) is 61.4 Å². The Morgan fingerprint density at radius 2 is 1.76 bits per heavy atom. The molecule has 25 heavy (non-hydrogen) atoms. The molecule has 1 aromatic carbocycles. The van der Waals surface area contributed by atoms with E-state index in [1.54, 1.807) is 12.4 Å². The van der Waals surface area contributed by atoms with Crippen LogP contribution in [0.25, 0.3) is 0 Å². The quantitative estimate of drug-likeness (QED) is 0.897. The van der Waals surface area contributed by atoms with Crippen molar-refractivity contribution in [3.63, 3.8) is 0 Å². The number of carbonyl (C=O) groups excluding carboxylic acids is 1. The van der Waals surface area contributed by atoms with Crippen molar-refractivity contribution in [2.45, 2.75) is 26.4 Å². The van der Waals surface area contributed by atoms with Crippen molar-refractivity contribution < 1.29 is 4.79 Å². The summed E-state index contributed by atoms with van der Waals surface area (Å²) in [7, 11) is 0. The van der Waals surface area contributed by atoms with Gasteiger partial charge in [-0.15, -0.1) is 0 Å². The van der Waals surface area contributed by atoms with Crippen LogP contribution in [-0.2, 0) is 11.3 Å². The third-order valence-corrected chi connectivity index (χ3v) is 4.66. The SMILES string of the molecule is Cc1ccc(CNC(=O)[C@H](C)N2CCN(c3ncccn3)CC2)cc1. The molecule has 2 heterocycles. The lowest BCUT2D eigenvalue weighted by molar-refractivity contribution is -0.126. The number of aryl methyl sites for hydroxylation is 1. The second kappa shape index (κ2) is 8.07. The Balaban J connectivity index is 1.47. The molecule has 6 heteroatoms. The van der Waals surface area contributed by atoms with Gasteiger partial charge >= 0.3 is 0 Å². The molecule has 6 nitrogen and oxygen atoms in total. The molecule has 0 radical (unpaired) electrons. The van der Waals surface area contributed by atoms with Gasteiger partial charge in [0.2, 0.25) is 11.9 Å². The minimum Gasteiger partial charge on any atom is -0.351 e. The first-order chi connectivity index (χ1) is 12.1. The highest BCUT2D eigenvalue weighted by Crippen LogP contribution is 2.12. The van der Waals surface area contributed by atoms with E-state index in [1.165, 1.54) is 5.56 Å². The highest BCUT2D eigenvalue weighted by molar-refractivity contribution is 5.81. The smallest absolute Gasteiger partial charge is 0.237 e. The molecular formula is C19H25N5O. The van der Waals surface area contributed by atoms with Crippen molar-refractivity contribution >= 4 is 11.9 Å². The third kappa shape index (κ3) is 4.54. The van der Waals surface area contributed by atoms with Gasteiger partial charge in [-0.25, -0.2) is 9.97 Å². The van der Waals surface area contributed by atoms with Crippen LogP contribution in [0.4, 0.5) is 5.95 Å². The van der Waals surface area contributed by atoms with Gasteiger partial charge in [-0.1, -0.05) is 29.8 Å². The molecule has 1 saturated heterocycles. The molecule has 1 N–H and O–H groups in total. The van der Waals surface area contributed by atoms with Crippen LogP contribution in [0.5, 0.6) is 0 Å². The number of hydrogen-bond donors (Lipinski definition) is 1. The Labute approximate surface area is 148 Å².